The monoisotopic (exact) mass is 1230 g/mol. The first-order valence-electron chi connectivity index (χ1n) is 33.9. The van der Waals surface area contributed by atoms with Crippen LogP contribution in [0.15, 0.2) is 30.3 Å². The molecular weight excluding hydrogens is 1070 g/mol. The van der Waals surface area contributed by atoms with Gasteiger partial charge < -0.3 is 96.8 Å². The summed E-state index contributed by atoms with van der Waals surface area (Å²) in [5.74, 6) is 0.882. The zero-order valence-electron chi connectivity index (χ0n) is 56.9. The quantitative estimate of drug-likeness (QED) is 0.0327. The highest BCUT2D eigenvalue weighted by Crippen LogP contribution is 2.08. The summed E-state index contributed by atoms with van der Waals surface area (Å²) in [6.45, 7) is 36.6. The van der Waals surface area contributed by atoms with Crippen molar-refractivity contribution in [1.29, 1.82) is 0 Å². The van der Waals surface area contributed by atoms with Crippen LogP contribution in [0.3, 0.4) is 0 Å². The van der Waals surface area contributed by atoms with Gasteiger partial charge in [0.2, 0.25) is 0 Å². The fourth-order valence-electron chi connectivity index (χ4n) is 7.40. The van der Waals surface area contributed by atoms with Gasteiger partial charge in [-0.15, -0.1) is 0 Å². The van der Waals surface area contributed by atoms with Gasteiger partial charge in [0.05, 0.1) is 25.9 Å². The molecule has 0 spiro atoms. The fourth-order valence-corrected chi connectivity index (χ4v) is 7.40. The van der Waals surface area contributed by atoms with Gasteiger partial charge in [0, 0.05) is 71.5 Å². The molecule has 85 heavy (non-hydrogen) atoms. The van der Waals surface area contributed by atoms with Gasteiger partial charge in [-0.05, 0) is 168 Å². The summed E-state index contributed by atoms with van der Waals surface area (Å²) in [6, 6.07) is 9.64. The van der Waals surface area contributed by atoms with E-state index in [9.17, 15) is 0 Å². The van der Waals surface area contributed by atoms with Crippen molar-refractivity contribution in [3.05, 3.63) is 30.3 Å². The maximum absolute atomic E-state index is 8.61. The van der Waals surface area contributed by atoms with E-state index in [1.54, 1.807) is 0 Å². The maximum atomic E-state index is 8.61. The summed E-state index contributed by atoms with van der Waals surface area (Å²) in [7, 11) is 2.18. The number of piperazine rings is 1. The fraction of sp³-hybridized carbons (Fsp3) is 0.909. The summed E-state index contributed by atoms with van der Waals surface area (Å²) in [6.07, 6.45) is 29.5. The molecule has 3 fully saturated rings. The second kappa shape index (κ2) is 95.9. The lowest BCUT2D eigenvalue weighted by molar-refractivity contribution is 0.0923. The molecule has 3 heterocycles. The number of aliphatic hydroxyl groups is 4. The number of piperidine rings is 2. The number of rotatable bonds is 32. The molecular formula is C66H156N14O5. The van der Waals surface area contributed by atoms with E-state index in [-0.39, 0.29) is 33.3 Å². The number of para-hydroxylation sites is 1. The van der Waals surface area contributed by atoms with Gasteiger partial charge in [-0.3, -0.25) is 4.90 Å². The van der Waals surface area contributed by atoms with Crippen LogP contribution in [0.1, 0.15) is 210 Å². The van der Waals surface area contributed by atoms with Crippen molar-refractivity contribution in [2.24, 2.45) is 51.6 Å². The van der Waals surface area contributed by atoms with E-state index in [2.05, 4.69) is 66.6 Å². The van der Waals surface area contributed by atoms with Crippen LogP contribution in [0.5, 0.6) is 5.75 Å². The Bertz CT molecular complexity index is 1100. The maximum Gasteiger partial charge on any atom is 0.119 e. The van der Waals surface area contributed by atoms with Crippen molar-refractivity contribution in [3.63, 3.8) is 0 Å². The highest BCUT2D eigenvalue weighted by Gasteiger charge is 2.12. The second-order valence-corrected chi connectivity index (χ2v) is 21.4. The Labute approximate surface area is 528 Å². The first kappa shape index (κ1) is 99.5. The molecule has 2 atom stereocenters. The van der Waals surface area contributed by atoms with Gasteiger partial charge in [0.1, 0.15) is 12.4 Å². The molecule has 3 aliphatic heterocycles. The SMILES string of the molecule is C.C1CCNCC1.CCC(N)CO.CCC(O)CO.CCCCCCCN.CCCCCCN.CCCCCN.CCCCN.CCCN(CCN)CCO.CN1CCN(CCCN)CC1.NCCN1CCCCC1.NCCOc1ccccc1. The normalized spacial score (nSPS) is 14.2. The minimum Gasteiger partial charge on any atom is -0.492 e. The van der Waals surface area contributed by atoms with E-state index >= 15 is 0 Å². The molecule has 0 aliphatic carbocycles. The first-order chi connectivity index (χ1) is 40.8. The molecule has 1 aromatic rings. The Balaban J connectivity index is -0.000000129. The number of likely N-dealkylation sites (N-methyl/N-ethyl adjacent to an activating group) is 1. The molecule has 0 radical (unpaired) electrons. The van der Waals surface area contributed by atoms with Crippen molar-refractivity contribution < 1.29 is 25.2 Å². The molecule has 19 nitrogen and oxygen atoms in total. The summed E-state index contributed by atoms with van der Waals surface area (Å²) >= 11 is 0. The highest BCUT2D eigenvalue weighted by molar-refractivity contribution is 5.20. The van der Waals surface area contributed by atoms with Gasteiger partial charge in [-0.2, -0.15) is 0 Å². The van der Waals surface area contributed by atoms with Crippen LogP contribution in [-0.4, -0.2) is 223 Å². The summed E-state index contributed by atoms with van der Waals surface area (Å²) < 4.78 is 5.23. The summed E-state index contributed by atoms with van der Waals surface area (Å²) in [4.78, 5) is 9.48. The van der Waals surface area contributed by atoms with Crippen LogP contribution in [-0.2, 0) is 0 Å². The average molecular weight is 1230 g/mol. The number of unbranched alkanes of at least 4 members (excludes halogenated alkanes) is 10. The van der Waals surface area contributed by atoms with Crippen molar-refractivity contribution in [1.82, 2.24) is 24.9 Å². The summed E-state index contributed by atoms with van der Waals surface area (Å²) in [5, 5.41) is 36.6. The van der Waals surface area contributed by atoms with Crippen LogP contribution in [0.4, 0.5) is 0 Å². The summed E-state index contributed by atoms with van der Waals surface area (Å²) in [5.41, 5.74) is 47.6. The third kappa shape index (κ3) is 102. The Hall–Kier alpha value is -1.70. The number of benzene rings is 1. The second-order valence-electron chi connectivity index (χ2n) is 21.4. The van der Waals surface area contributed by atoms with E-state index in [1.165, 1.54) is 187 Å². The van der Waals surface area contributed by atoms with Crippen LogP contribution in [0, 0.1) is 0 Å². The van der Waals surface area contributed by atoms with E-state index in [4.69, 9.17) is 76.8 Å². The molecule has 520 valence electrons. The molecule has 19 heteroatoms. The van der Waals surface area contributed by atoms with Gasteiger partial charge in [0.25, 0.3) is 0 Å². The third-order valence-electron chi connectivity index (χ3n) is 13.1. The number of nitrogens with zero attached hydrogens (tertiary/aromatic N) is 4. The van der Waals surface area contributed by atoms with E-state index in [1.807, 2.05) is 44.2 Å². The molecule has 3 saturated heterocycles. The van der Waals surface area contributed by atoms with Crippen LogP contribution in [0.25, 0.3) is 0 Å². The Morgan fingerprint density at radius 2 is 0.953 bits per heavy atom. The van der Waals surface area contributed by atoms with Crippen molar-refractivity contribution in [2.45, 2.75) is 222 Å². The molecule has 2 unspecified atom stereocenters. The van der Waals surface area contributed by atoms with Crippen LogP contribution >= 0.6 is 0 Å². The molecule has 23 N–H and O–H groups in total. The third-order valence-corrected chi connectivity index (χ3v) is 13.1. The first-order valence-corrected chi connectivity index (χ1v) is 33.9. The van der Waals surface area contributed by atoms with Crippen LogP contribution in [0.2, 0.25) is 0 Å². The molecule has 1 aromatic carbocycles. The number of nitrogens with one attached hydrogen (secondary N) is 1. The molecule has 0 amide bonds. The predicted octanol–water partition coefficient (Wildman–Crippen LogP) is 6.87. The van der Waals surface area contributed by atoms with E-state index in [0.717, 1.165) is 90.5 Å². The Kier molecular flexibility index (Phi) is 112. The van der Waals surface area contributed by atoms with Crippen molar-refractivity contribution in [2.75, 3.05) is 171 Å². The molecule has 3 aliphatic rings. The molecule has 4 rings (SSSR count). The number of likely N-dealkylation sites (tertiary alicyclic amines) is 1. The lowest BCUT2D eigenvalue weighted by Gasteiger charge is -2.32. The Morgan fingerprint density at radius 1 is 0.482 bits per heavy atom. The zero-order chi connectivity index (χ0) is 64.6. The lowest BCUT2D eigenvalue weighted by atomic mass is 10.1. The standard InChI is InChI=1S/C8H19N3.C8H11NO.C7H18N2O.C7H16N2.C7H17N.C6H15N.C5H11N.C5H13N.C4H11NO.C4H11N.C4H10O2.CH4/c1-10-5-7-11(8-6-10)4-2-3-9;9-6-7-10-8-4-2-1-3-5-8;1-2-4-9(5-3-8)6-7-10;8-4-7-9-5-2-1-3-6-9;1-2-3-4-5-6-7-8;1-2-3-4-5-6-7;1-2-4-6-5-3-1;1-2-3-4-5-6;1-2-4(5)3-6;1-2-3-4-5;1-2-4(6)3-5;/h2-9H2,1H3;1-5H,6-7,9H2;10H,2-8H2,1H3;1-8H2;2-8H2,1H3;2-7H2,1H3;6H,1-5H2;2-6H2,1H3;4,6H,2-3,5H2,1H3;2-5H2,1H3;4-6H,2-3H2,1H3;1H4. The van der Waals surface area contributed by atoms with Gasteiger partial charge in [0.15, 0.2) is 0 Å². The highest BCUT2D eigenvalue weighted by atomic mass is 16.5. The van der Waals surface area contributed by atoms with E-state index < -0.39 is 6.10 Å². The number of ether oxygens (including phenoxy) is 1. The minimum absolute atomic E-state index is 0. The van der Waals surface area contributed by atoms with E-state index in [0.29, 0.717) is 26.1 Å². The minimum atomic E-state index is -0.509. The zero-order valence-corrected chi connectivity index (χ0v) is 56.9. The molecule has 0 bridgehead atoms. The average Bonchev–Trinajstić information content (AvgIpc) is 3.54. The van der Waals surface area contributed by atoms with Crippen LogP contribution < -0.4 is 61.7 Å². The van der Waals surface area contributed by atoms with Gasteiger partial charge in [-0.25, -0.2) is 0 Å². The smallest absolute Gasteiger partial charge is 0.119 e. The lowest BCUT2D eigenvalue weighted by Crippen LogP contribution is -2.44. The number of hydrogen-bond acceptors (Lipinski definition) is 19. The predicted molar refractivity (Wildman–Crippen MR) is 377 cm³/mol. The molecule has 0 saturated carbocycles. The Morgan fingerprint density at radius 3 is 1.28 bits per heavy atom. The number of hydrogen-bond donors (Lipinski definition) is 14. The number of aliphatic hydroxyl groups excluding tert-OH is 4. The largest absolute Gasteiger partial charge is 0.492 e. The van der Waals surface area contributed by atoms with Gasteiger partial charge in [-0.1, -0.05) is 151 Å². The molecule has 0 aromatic heterocycles. The number of nitrogens with two attached hydrogens (primary N) is 9. The van der Waals surface area contributed by atoms with Crippen molar-refractivity contribution in [3.8, 4) is 5.75 Å². The van der Waals surface area contributed by atoms with Crippen molar-refractivity contribution >= 4 is 0 Å². The topological polar surface area (TPSA) is 349 Å². The van der Waals surface area contributed by atoms with Gasteiger partial charge >= 0.3 is 0 Å².